The third-order valence-corrected chi connectivity index (χ3v) is 6.74. The van der Waals surface area contributed by atoms with E-state index in [0.717, 1.165) is 5.56 Å². The first kappa shape index (κ1) is 28.5. The molecule has 1 aliphatic rings. The van der Waals surface area contributed by atoms with Crippen molar-refractivity contribution >= 4 is 5.91 Å². The van der Waals surface area contributed by atoms with E-state index in [-0.39, 0.29) is 37.1 Å². The number of ether oxygens (including phenoxy) is 1. The van der Waals surface area contributed by atoms with Crippen LogP contribution in [0.2, 0.25) is 0 Å². The number of hydrogen-bond acceptors (Lipinski definition) is 4. The number of piperidine rings is 1. The van der Waals surface area contributed by atoms with Crippen LogP contribution in [0.4, 0.5) is 26.3 Å². The highest BCUT2D eigenvalue weighted by Crippen LogP contribution is 2.42. The number of benzene rings is 2. The minimum atomic E-state index is -4.97. The van der Waals surface area contributed by atoms with E-state index in [4.69, 9.17) is 15.7 Å². The number of alkyl halides is 6. The van der Waals surface area contributed by atoms with Crippen LogP contribution < -0.4 is 5.73 Å². The maximum atomic E-state index is 13.3. The lowest BCUT2D eigenvalue weighted by Gasteiger charge is -2.49. The van der Waals surface area contributed by atoms with E-state index in [2.05, 4.69) is 6.07 Å². The summed E-state index contributed by atoms with van der Waals surface area (Å²) in [5.41, 5.74) is 2.23. The van der Waals surface area contributed by atoms with Crippen molar-refractivity contribution in [2.45, 2.75) is 50.2 Å². The van der Waals surface area contributed by atoms with Gasteiger partial charge in [-0.1, -0.05) is 30.3 Å². The van der Waals surface area contributed by atoms with Gasteiger partial charge in [0, 0.05) is 13.0 Å². The molecule has 0 aromatic heterocycles. The number of nitriles is 1. The second kappa shape index (κ2) is 11.1. The fourth-order valence-electron chi connectivity index (χ4n) is 4.77. The first-order valence-electron chi connectivity index (χ1n) is 11.6. The highest BCUT2D eigenvalue weighted by Gasteiger charge is 2.44. The van der Waals surface area contributed by atoms with E-state index >= 15 is 0 Å². The smallest absolute Gasteiger partial charge is 0.372 e. The van der Waals surface area contributed by atoms with Crippen LogP contribution in [0.3, 0.4) is 0 Å². The fraction of sp³-hybridized carbons (Fsp3) is 0.462. The predicted molar refractivity (Wildman–Crippen MR) is 123 cm³/mol. The first-order valence-corrected chi connectivity index (χ1v) is 11.6. The Balaban J connectivity index is 1.98. The topological polar surface area (TPSA) is 79.3 Å². The lowest BCUT2D eigenvalue weighted by molar-refractivity contribution is -0.143. The molecule has 0 unspecified atom stereocenters. The van der Waals surface area contributed by atoms with Crippen LogP contribution in [0.5, 0.6) is 0 Å². The van der Waals surface area contributed by atoms with Crippen molar-refractivity contribution in [2.75, 3.05) is 19.7 Å². The van der Waals surface area contributed by atoms with Gasteiger partial charge in [-0.05, 0) is 55.0 Å². The third-order valence-electron chi connectivity index (χ3n) is 6.74. The van der Waals surface area contributed by atoms with E-state index in [1.54, 1.807) is 23.1 Å². The minimum absolute atomic E-state index is 0.0311. The van der Waals surface area contributed by atoms with Gasteiger partial charge in [-0.3, -0.25) is 9.69 Å². The Labute approximate surface area is 210 Å². The molecular weight excluding hydrogens is 500 g/mol. The fourth-order valence-corrected chi connectivity index (χ4v) is 4.77. The third kappa shape index (κ3) is 6.81. The molecule has 0 saturated carbocycles. The van der Waals surface area contributed by atoms with Gasteiger partial charge in [0.25, 0.3) is 0 Å². The van der Waals surface area contributed by atoms with Crippen molar-refractivity contribution in [2.24, 2.45) is 11.7 Å². The molecule has 11 heteroatoms. The Morgan fingerprint density at radius 3 is 2.24 bits per heavy atom. The lowest BCUT2D eigenvalue weighted by atomic mass is 9.77. The normalized spacial score (nSPS) is 21.8. The second-order valence-corrected chi connectivity index (χ2v) is 9.30. The van der Waals surface area contributed by atoms with Gasteiger partial charge in [0.2, 0.25) is 5.91 Å². The molecule has 5 nitrogen and oxygen atoms in total. The molecule has 0 spiro atoms. The molecule has 0 bridgehead atoms. The zero-order valence-electron chi connectivity index (χ0n) is 20.1. The number of hydrogen-bond donors (Lipinski definition) is 1. The van der Waals surface area contributed by atoms with E-state index in [0.29, 0.717) is 31.5 Å². The van der Waals surface area contributed by atoms with Crippen molar-refractivity contribution in [3.63, 3.8) is 0 Å². The largest absolute Gasteiger partial charge is 0.416 e. The number of nitrogens with two attached hydrogens (primary N) is 1. The molecule has 3 atom stereocenters. The predicted octanol–water partition coefficient (Wildman–Crippen LogP) is 5.81. The molecule has 1 heterocycles. The van der Waals surface area contributed by atoms with Crippen LogP contribution in [0, 0.1) is 17.2 Å². The maximum absolute atomic E-state index is 13.3. The van der Waals surface area contributed by atoms with Gasteiger partial charge in [0.1, 0.15) is 0 Å². The zero-order chi connectivity index (χ0) is 27.4. The lowest BCUT2D eigenvalue weighted by Crippen LogP contribution is -2.57. The summed E-state index contributed by atoms with van der Waals surface area (Å²) in [6, 6.07) is 12.5. The Kier molecular flexibility index (Phi) is 8.55. The molecule has 2 aromatic rings. The molecule has 0 radical (unpaired) electrons. The monoisotopic (exact) mass is 527 g/mol. The molecular formula is C26H27F6N3O2. The first-order chi connectivity index (χ1) is 17.3. The molecule has 1 saturated heterocycles. The molecule has 1 aliphatic heterocycles. The molecule has 2 aromatic carbocycles. The Hall–Kier alpha value is -3.10. The number of nitrogens with zero attached hydrogens (tertiary/aromatic N) is 2. The summed E-state index contributed by atoms with van der Waals surface area (Å²) < 4.78 is 86.1. The van der Waals surface area contributed by atoms with E-state index in [9.17, 15) is 31.1 Å². The highest BCUT2D eigenvalue weighted by atomic mass is 19.4. The zero-order valence-corrected chi connectivity index (χ0v) is 20.1. The number of primary amides is 1. The molecule has 1 amide bonds. The molecule has 200 valence electrons. The van der Waals surface area contributed by atoms with Gasteiger partial charge in [0.05, 0.1) is 42.0 Å². The van der Waals surface area contributed by atoms with Crippen LogP contribution in [0.1, 0.15) is 54.5 Å². The van der Waals surface area contributed by atoms with Crippen molar-refractivity contribution in [3.8, 4) is 6.07 Å². The standard InChI is InChI=1S/C26H27F6N3O2/c1-17(19-11-21(25(27,28)29)13-22(12-19)26(30,31)32)37-16-24(20-5-3-2-4-6-20)9-7-18(8-10-33)14-35(24)15-23(34)36/h2-6,11-13,17-18H,7-9,14-16H2,1H3,(H2,34,36)/t17-,18-,24-/m1/s1. The van der Waals surface area contributed by atoms with E-state index in [1.165, 1.54) is 6.92 Å². The van der Waals surface area contributed by atoms with Crippen molar-refractivity contribution in [1.29, 1.82) is 5.26 Å². The van der Waals surface area contributed by atoms with Crippen LogP contribution >= 0.6 is 0 Å². The van der Waals surface area contributed by atoms with Gasteiger partial charge in [-0.15, -0.1) is 0 Å². The number of amides is 1. The van der Waals surface area contributed by atoms with Crippen molar-refractivity contribution < 1.29 is 35.9 Å². The summed E-state index contributed by atoms with van der Waals surface area (Å²) in [6.45, 7) is 1.46. The summed E-state index contributed by atoms with van der Waals surface area (Å²) in [4.78, 5) is 13.7. The Morgan fingerprint density at radius 1 is 1.14 bits per heavy atom. The summed E-state index contributed by atoms with van der Waals surface area (Å²) in [5, 5.41) is 9.15. The van der Waals surface area contributed by atoms with Crippen LogP contribution in [-0.4, -0.2) is 30.5 Å². The van der Waals surface area contributed by atoms with Crippen LogP contribution in [0.15, 0.2) is 48.5 Å². The molecule has 1 fully saturated rings. The van der Waals surface area contributed by atoms with Gasteiger partial charge < -0.3 is 10.5 Å². The number of carbonyl (C=O) groups excluding carboxylic acids is 1. The maximum Gasteiger partial charge on any atom is 0.416 e. The molecule has 37 heavy (non-hydrogen) atoms. The van der Waals surface area contributed by atoms with Crippen molar-refractivity contribution in [1.82, 2.24) is 4.90 Å². The van der Waals surface area contributed by atoms with Crippen LogP contribution in [0.25, 0.3) is 0 Å². The van der Waals surface area contributed by atoms with Gasteiger partial charge >= 0.3 is 12.4 Å². The van der Waals surface area contributed by atoms with Gasteiger partial charge in [-0.2, -0.15) is 31.6 Å². The number of rotatable bonds is 8. The number of likely N-dealkylation sites (tertiary alicyclic amines) is 1. The van der Waals surface area contributed by atoms with Crippen molar-refractivity contribution in [3.05, 3.63) is 70.8 Å². The van der Waals surface area contributed by atoms with Gasteiger partial charge in [0.15, 0.2) is 0 Å². The van der Waals surface area contributed by atoms with Gasteiger partial charge in [-0.25, -0.2) is 0 Å². The molecule has 0 aliphatic carbocycles. The van der Waals surface area contributed by atoms with E-state index in [1.807, 2.05) is 12.1 Å². The highest BCUT2D eigenvalue weighted by molar-refractivity contribution is 5.76. The Morgan fingerprint density at radius 2 is 1.73 bits per heavy atom. The summed E-state index contributed by atoms with van der Waals surface area (Å²) in [6.07, 6.45) is -9.76. The molecule has 3 rings (SSSR count). The summed E-state index contributed by atoms with van der Waals surface area (Å²) in [5.74, 6) is -0.643. The minimum Gasteiger partial charge on any atom is -0.372 e. The SMILES string of the molecule is C[C@@H](OC[C@@]1(c2ccccc2)CC[C@H](CC#N)CN1CC(N)=O)c1cc(C(F)(F)F)cc(C(F)(F)F)c1. The average Bonchev–Trinajstić information content (AvgIpc) is 2.82. The summed E-state index contributed by atoms with van der Waals surface area (Å²) >= 11 is 0. The quantitative estimate of drug-likeness (QED) is 0.440. The number of carbonyl (C=O) groups is 1. The summed E-state index contributed by atoms with van der Waals surface area (Å²) in [7, 11) is 0. The molecule has 2 N–H and O–H groups in total. The second-order valence-electron chi connectivity index (χ2n) is 9.30. The van der Waals surface area contributed by atoms with E-state index < -0.39 is 41.0 Å². The number of halogens is 6. The average molecular weight is 528 g/mol. The van der Waals surface area contributed by atoms with Crippen LogP contribution in [-0.2, 0) is 27.4 Å². The Bertz CT molecular complexity index is 1100.